The number of fused-ring (bicyclic) bond motifs is 1. The average molecular weight is 678 g/mol. The number of benzene rings is 3. The number of aromatic nitrogens is 2. The average Bonchev–Trinajstić information content (AvgIpc) is 2.89. The van der Waals surface area contributed by atoms with Gasteiger partial charge in [-0.15, -0.1) is 0 Å². The summed E-state index contributed by atoms with van der Waals surface area (Å²) in [5.74, 6) is 0.0785. The molecular weight excluding hydrogens is 654 g/mol. The number of hydrogen-bond donors (Lipinski definition) is 1. The predicted octanol–water partition coefficient (Wildman–Crippen LogP) is 7.04. The van der Waals surface area contributed by atoms with E-state index in [0.29, 0.717) is 38.1 Å². The highest BCUT2D eigenvalue weighted by molar-refractivity contribution is 9.10. The van der Waals surface area contributed by atoms with E-state index in [1.807, 2.05) is 26.8 Å². The maximum absolute atomic E-state index is 13.5. The third kappa shape index (κ3) is 6.18. The largest absolute Gasteiger partial charge is 0.493 e. The number of aromatic carboxylic acids is 1. The number of halogens is 3. The maximum Gasteiger partial charge on any atom is 0.335 e. The fourth-order valence-electron chi connectivity index (χ4n) is 3.80. The molecule has 0 unspecified atom stereocenters. The van der Waals surface area contributed by atoms with Crippen LogP contribution >= 0.6 is 43.5 Å². The Morgan fingerprint density at radius 1 is 1.18 bits per heavy atom. The second-order valence-electron chi connectivity index (χ2n) is 9.63. The molecule has 1 N–H and O–H groups in total. The van der Waals surface area contributed by atoms with Crippen LogP contribution in [0.4, 0.5) is 0 Å². The summed E-state index contributed by atoms with van der Waals surface area (Å²) in [6, 6.07) is 13.5. The summed E-state index contributed by atoms with van der Waals surface area (Å²) < 4.78 is 14.0. The molecule has 8 nitrogen and oxygen atoms in total. The van der Waals surface area contributed by atoms with Gasteiger partial charge in [0.2, 0.25) is 0 Å². The number of ether oxygens (including phenoxy) is 2. The van der Waals surface area contributed by atoms with Crippen LogP contribution < -0.4 is 15.0 Å². The van der Waals surface area contributed by atoms with Crippen molar-refractivity contribution >= 4 is 66.5 Å². The molecule has 0 aliphatic carbocycles. The zero-order chi connectivity index (χ0) is 28.5. The van der Waals surface area contributed by atoms with Crippen LogP contribution in [-0.4, -0.2) is 34.1 Å². The van der Waals surface area contributed by atoms with Crippen LogP contribution in [0.25, 0.3) is 10.9 Å². The molecule has 39 heavy (non-hydrogen) atoms. The summed E-state index contributed by atoms with van der Waals surface area (Å²) in [6.07, 6.45) is 1.50. The van der Waals surface area contributed by atoms with Crippen molar-refractivity contribution in [2.24, 2.45) is 5.10 Å². The Bertz CT molecular complexity index is 1680. The second kappa shape index (κ2) is 11.5. The Hall–Kier alpha value is -3.21. The first-order valence-electron chi connectivity index (χ1n) is 11.7. The number of carboxylic acid groups (broad SMARTS) is 1. The number of carboxylic acids is 1. The van der Waals surface area contributed by atoms with Gasteiger partial charge in [-0.1, -0.05) is 60.4 Å². The van der Waals surface area contributed by atoms with Crippen molar-refractivity contribution in [2.75, 3.05) is 7.11 Å². The maximum atomic E-state index is 13.5. The van der Waals surface area contributed by atoms with Crippen LogP contribution in [0.15, 0.2) is 67.4 Å². The first-order chi connectivity index (χ1) is 18.4. The SMILES string of the molecule is COc1cc(C=Nn2c(C(C)(C)C)nc3ccc(Br)cc3c2=O)c(Br)c(Cl)c1OCc1cccc(C(=O)O)c1. The monoisotopic (exact) mass is 675 g/mol. The molecule has 3 aromatic carbocycles. The standard InChI is InChI=1S/C28H24Br2ClN3O5/c1-28(2,3)27-33-20-9-8-18(29)12-19(20)25(35)34(27)32-13-17-11-21(38-4)24(23(31)22(17)30)39-14-15-6-5-7-16(10-15)26(36)37/h5-13H,14H2,1-4H3,(H,36,37). The molecule has 0 aliphatic rings. The molecule has 0 aliphatic heterocycles. The van der Waals surface area contributed by atoms with Crippen LogP contribution in [0.2, 0.25) is 5.02 Å². The highest BCUT2D eigenvalue weighted by atomic mass is 79.9. The van der Waals surface area contributed by atoms with Crippen LogP contribution in [-0.2, 0) is 12.0 Å². The molecule has 4 aromatic rings. The first kappa shape index (κ1) is 28.8. The molecule has 1 heterocycles. The third-order valence-electron chi connectivity index (χ3n) is 5.72. The van der Waals surface area contributed by atoms with Crippen LogP contribution in [0.3, 0.4) is 0 Å². The van der Waals surface area contributed by atoms with Crippen molar-refractivity contribution in [1.29, 1.82) is 0 Å². The van der Waals surface area contributed by atoms with Crippen molar-refractivity contribution < 1.29 is 19.4 Å². The summed E-state index contributed by atoms with van der Waals surface area (Å²) in [5, 5.41) is 14.4. The number of rotatable bonds is 7. The van der Waals surface area contributed by atoms with Gasteiger partial charge in [-0.25, -0.2) is 9.78 Å². The normalized spacial score (nSPS) is 11.8. The molecule has 11 heteroatoms. The van der Waals surface area contributed by atoms with E-state index in [1.54, 1.807) is 30.3 Å². The Morgan fingerprint density at radius 2 is 1.92 bits per heavy atom. The Balaban J connectivity index is 1.74. The molecule has 4 rings (SSSR count). The van der Waals surface area contributed by atoms with Gasteiger partial charge in [0.05, 0.1) is 29.8 Å². The molecule has 0 saturated heterocycles. The number of nitrogens with zero attached hydrogens (tertiary/aromatic N) is 3. The topological polar surface area (TPSA) is 103 Å². The number of carbonyl (C=O) groups is 1. The van der Waals surface area contributed by atoms with Gasteiger partial charge in [-0.05, 0) is 57.9 Å². The van der Waals surface area contributed by atoms with Crippen molar-refractivity contribution in [1.82, 2.24) is 9.66 Å². The molecule has 0 radical (unpaired) electrons. The van der Waals surface area contributed by atoms with E-state index >= 15 is 0 Å². The highest BCUT2D eigenvalue weighted by Crippen LogP contribution is 2.42. The van der Waals surface area contributed by atoms with E-state index in [4.69, 9.17) is 26.1 Å². The fourth-order valence-corrected chi connectivity index (χ4v) is 4.81. The van der Waals surface area contributed by atoms with Crippen LogP contribution in [0, 0.1) is 0 Å². The highest BCUT2D eigenvalue weighted by Gasteiger charge is 2.23. The van der Waals surface area contributed by atoms with Crippen LogP contribution in [0.5, 0.6) is 11.5 Å². The number of hydrogen-bond acceptors (Lipinski definition) is 6. The van der Waals surface area contributed by atoms with Gasteiger partial charge in [0.15, 0.2) is 11.5 Å². The van der Waals surface area contributed by atoms with Crippen LogP contribution in [0.1, 0.15) is 48.1 Å². The number of methoxy groups -OCH3 is 1. The van der Waals surface area contributed by atoms with Crippen molar-refractivity contribution in [2.45, 2.75) is 32.8 Å². The minimum Gasteiger partial charge on any atom is -0.493 e. The van der Waals surface area contributed by atoms with Crippen molar-refractivity contribution in [3.05, 3.63) is 95.4 Å². The Labute approximate surface area is 246 Å². The third-order valence-corrected chi connectivity index (χ3v) is 7.66. The van der Waals surface area contributed by atoms with E-state index in [-0.39, 0.29) is 28.5 Å². The Kier molecular flexibility index (Phi) is 8.48. The van der Waals surface area contributed by atoms with Gasteiger partial charge in [0, 0.05) is 19.9 Å². The lowest BCUT2D eigenvalue weighted by Crippen LogP contribution is -2.29. The molecule has 0 spiro atoms. The smallest absolute Gasteiger partial charge is 0.335 e. The summed E-state index contributed by atoms with van der Waals surface area (Å²) in [6.45, 7) is 5.94. The van der Waals surface area contributed by atoms with E-state index in [9.17, 15) is 14.7 Å². The minimum absolute atomic E-state index is 0.0692. The van der Waals surface area contributed by atoms with Gasteiger partial charge in [0.25, 0.3) is 5.56 Å². The molecule has 0 bridgehead atoms. The van der Waals surface area contributed by atoms with Crippen molar-refractivity contribution in [3.8, 4) is 11.5 Å². The molecule has 0 fully saturated rings. The molecular formula is C28H24Br2ClN3O5. The van der Waals surface area contributed by atoms with Gasteiger partial charge in [0.1, 0.15) is 17.5 Å². The van der Waals surface area contributed by atoms with Gasteiger partial charge in [-0.2, -0.15) is 9.78 Å². The van der Waals surface area contributed by atoms with Gasteiger partial charge < -0.3 is 14.6 Å². The van der Waals surface area contributed by atoms with E-state index in [0.717, 1.165) is 4.47 Å². The van der Waals surface area contributed by atoms with Crippen molar-refractivity contribution in [3.63, 3.8) is 0 Å². The lowest BCUT2D eigenvalue weighted by Gasteiger charge is -2.21. The predicted molar refractivity (Wildman–Crippen MR) is 159 cm³/mol. The van der Waals surface area contributed by atoms with E-state index in [2.05, 4.69) is 37.0 Å². The molecule has 1 aromatic heterocycles. The minimum atomic E-state index is -1.03. The van der Waals surface area contributed by atoms with Gasteiger partial charge >= 0.3 is 5.97 Å². The Morgan fingerprint density at radius 3 is 2.59 bits per heavy atom. The quantitative estimate of drug-likeness (QED) is 0.211. The van der Waals surface area contributed by atoms with E-state index in [1.165, 1.54) is 30.1 Å². The zero-order valence-corrected chi connectivity index (χ0v) is 25.4. The van der Waals surface area contributed by atoms with E-state index < -0.39 is 11.4 Å². The zero-order valence-electron chi connectivity index (χ0n) is 21.5. The fraction of sp³-hybridized carbons (Fsp3) is 0.214. The molecule has 0 saturated carbocycles. The summed E-state index contributed by atoms with van der Waals surface area (Å²) in [4.78, 5) is 29.5. The second-order valence-corrected chi connectivity index (χ2v) is 11.7. The molecule has 0 atom stereocenters. The molecule has 202 valence electrons. The lowest BCUT2D eigenvalue weighted by atomic mass is 9.95. The summed E-state index contributed by atoms with van der Waals surface area (Å²) >= 11 is 13.6. The lowest BCUT2D eigenvalue weighted by molar-refractivity contribution is 0.0696. The molecule has 0 amide bonds. The summed E-state index contributed by atoms with van der Waals surface area (Å²) in [5.41, 5.74) is 1.15. The summed E-state index contributed by atoms with van der Waals surface area (Å²) in [7, 11) is 1.48. The van der Waals surface area contributed by atoms with Gasteiger partial charge in [-0.3, -0.25) is 4.79 Å². The first-order valence-corrected chi connectivity index (χ1v) is 13.6.